The summed E-state index contributed by atoms with van der Waals surface area (Å²) in [5.74, 6) is -56.6. The minimum absolute atomic E-state index is 0.152. The van der Waals surface area contributed by atoms with E-state index in [-0.39, 0.29) is 13.2 Å². The highest BCUT2D eigenvalue weighted by Crippen LogP contribution is 2.63. The van der Waals surface area contributed by atoms with Gasteiger partial charge >= 0.3 is 59.9 Å². The highest BCUT2D eigenvalue weighted by molar-refractivity contribution is 5.89. The lowest BCUT2D eigenvalue weighted by Gasteiger charge is -2.41. The SMILES string of the molecule is CCCCCCCCOC(=O)Nc1ccc(NC(=O)OCCCCCCCC)c(OC(F)=C(F)C(F)(F)C(F)(F)C(F)(F)C(F)(F)C(F)(F)C(F)(F)C(F)(F)F)c1. The zero-order valence-electron chi connectivity index (χ0n) is 30.1. The Labute approximate surface area is 314 Å². The van der Waals surface area contributed by atoms with Crippen LogP contribution in [0.3, 0.4) is 0 Å². The van der Waals surface area contributed by atoms with Gasteiger partial charge in [-0.2, -0.15) is 74.6 Å². The fourth-order valence-electron chi connectivity index (χ4n) is 4.55. The van der Waals surface area contributed by atoms with Gasteiger partial charge in [-0.15, -0.1) is 0 Å². The molecule has 0 unspecified atom stereocenters. The second-order valence-electron chi connectivity index (χ2n) is 12.4. The second kappa shape index (κ2) is 20.7. The lowest BCUT2D eigenvalue weighted by atomic mass is 9.91. The van der Waals surface area contributed by atoms with E-state index >= 15 is 0 Å². The quantitative estimate of drug-likeness (QED) is 0.0614. The molecule has 0 aliphatic heterocycles. The van der Waals surface area contributed by atoms with Gasteiger partial charge in [-0.05, 0) is 25.0 Å². The van der Waals surface area contributed by atoms with Gasteiger partial charge in [-0.25, -0.2) is 9.59 Å². The molecular weight excluding hydrogens is 827 g/mol. The van der Waals surface area contributed by atoms with Crippen molar-refractivity contribution in [2.24, 2.45) is 0 Å². The number of carbonyl (C=O) groups excluding carboxylic acids is 2. The molecule has 1 aromatic rings. The normalized spacial score (nSPS) is 13.9. The lowest BCUT2D eigenvalue weighted by molar-refractivity contribution is -0.451. The molecule has 330 valence electrons. The summed E-state index contributed by atoms with van der Waals surface area (Å²) in [6.07, 6.45) is -1.52. The number of carbonyl (C=O) groups is 2. The van der Waals surface area contributed by atoms with Crippen LogP contribution in [0.5, 0.6) is 5.75 Å². The van der Waals surface area contributed by atoms with Crippen LogP contribution in [0.25, 0.3) is 0 Å². The Morgan fingerprint density at radius 1 is 0.544 bits per heavy atom. The predicted octanol–water partition coefficient (Wildman–Crippen LogP) is 13.4. The van der Waals surface area contributed by atoms with Gasteiger partial charge in [0.2, 0.25) is 5.83 Å². The predicted molar refractivity (Wildman–Crippen MR) is 169 cm³/mol. The van der Waals surface area contributed by atoms with E-state index in [1.54, 1.807) is 0 Å². The number of alkyl halides is 15. The number of ether oxygens (including phenoxy) is 3. The van der Waals surface area contributed by atoms with E-state index in [0.717, 1.165) is 57.4 Å². The smallest absolute Gasteiger partial charge is 0.449 e. The molecule has 0 heterocycles. The topological polar surface area (TPSA) is 85.9 Å². The molecule has 0 radical (unpaired) electrons. The van der Waals surface area contributed by atoms with Crippen molar-refractivity contribution in [1.82, 2.24) is 0 Å². The first-order chi connectivity index (χ1) is 26.1. The largest absolute Gasteiger partial charge is 0.460 e. The standard InChI is InChI=1S/C33H39F17N2O5/c1-3-5-7-9-11-13-17-55-25(53)51-20-15-16-21(52-26(54)56-18-14-12-10-8-6-4-2)22(19-20)57-24(35)23(34)27(36,37)28(38,39)29(40,41)30(42,43)31(44,45)32(46,47)33(48,49)50/h15-16,19H,3-14,17-18H2,1-2H3,(H,51,53)(H,52,54). The highest BCUT2D eigenvalue weighted by atomic mass is 19.4. The minimum Gasteiger partial charge on any atom is -0.449 e. The summed E-state index contributed by atoms with van der Waals surface area (Å²) in [7, 11) is 0. The Hall–Kier alpha value is -3.89. The van der Waals surface area contributed by atoms with Gasteiger partial charge in [0.1, 0.15) is 0 Å². The Bertz CT molecular complexity index is 1490. The molecular formula is C33H39F17N2O5. The van der Waals surface area contributed by atoms with Crippen molar-refractivity contribution in [3.8, 4) is 5.75 Å². The van der Waals surface area contributed by atoms with Gasteiger partial charge in [-0.1, -0.05) is 78.1 Å². The molecule has 0 aliphatic carbocycles. The third kappa shape index (κ3) is 12.3. The zero-order valence-corrected chi connectivity index (χ0v) is 30.1. The number of rotatable bonds is 24. The number of halogens is 17. The van der Waals surface area contributed by atoms with Gasteiger partial charge in [0.15, 0.2) is 5.75 Å². The van der Waals surface area contributed by atoms with Crippen molar-refractivity contribution in [3.05, 3.63) is 30.0 Å². The summed E-state index contributed by atoms with van der Waals surface area (Å²) in [5.41, 5.74) is -1.51. The monoisotopic (exact) mass is 866 g/mol. The molecule has 0 fully saturated rings. The van der Waals surface area contributed by atoms with E-state index in [4.69, 9.17) is 9.47 Å². The maximum atomic E-state index is 14.7. The fraction of sp³-hybridized carbons (Fsp3) is 0.697. The number of amides is 2. The summed E-state index contributed by atoms with van der Waals surface area (Å²) in [5, 5.41) is 3.81. The molecule has 0 saturated carbocycles. The fourth-order valence-corrected chi connectivity index (χ4v) is 4.55. The maximum Gasteiger partial charge on any atom is 0.460 e. The van der Waals surface area contributed by atoms with Crippen LogP contribution < -0.4 is 15.4 Å². The summed E-state index contributed by atoms with van der Waals surface area (Å²) in [4.78, 5) is 24.5. The molecule has 24 heteroatoms. The van der Waals surface area contributed by atoms with E-state index in [9.17, 15) is 84.2 Å². The van der Waals surface area contributed by atoms with Crippen LogP contribution in [-0.2, 0) is 9.47 Å². The molecule has 1 aromatic carbocycles. The first-order valence-corrected chi connectivity index (χ1v) is 17.2. The summed E-state index contributed by atoms with van der Waals surface area (Å²) >= 11 is 0. The number of benzene rings is 1. The van der Waals surface area contributed by atoms with Crippen LogP contribution in [0, 0.1) is 0 Å². The van der Waals surface area contributed by atoms with Gasteiger partial charge < -0.3 is 14.2 Å². The molecule has 0 spiro atoms. The molecule has 57 heavy (non-hydrogen) atoms. The number of hydrogen-bond acceptors (Lipinski definition) is 5. The molecule has 1 rings (SSSR count). The van der Waals surface area contributed by atoms with Gasteiger partial charge in [0, 0.05) is 11.8 Å². The van der Waals surface area contributed by atoms with E-state index < -0.39 is 82.9 Å². The molecule has 0 saturated heterocycles. The average Bonchev–Trinajstić information content (AvgIpc) is 3.10. The van der Waals surface area contributed by atoms with Crippen molar-refractivity contribution >= 4 is 23.6 Å². The third-order valence-corrected chi connectivity index (χ3v) is 7.90. The zero-order chi connectivity index (χ0) is 44.1. The van der Waals surface area contributed by atoms with Crippen molar-refractivity contribution in [2.45, 2.75) is 133 Å². The number of hydrogen-bond donors (Lipinski definition) is 2. The Kier molecular flexibility index (Phi) is 18.6. The molecule has 0 aliphatic rings. The Balaban J connectivity index is 3.48. The van der Waals surface area contributed by atoms with Crippen molar-refractivity contribution in [3.63, 3.8) is 0 Å². The van der Waals surface area contributed by atoms with Crippen LogP contribution in [-0.4, -0.2) is 67.1 Å². The highest BCUT2D eigenvalue weighted by Gasteiger charge is 2.94. The molecule has 0 bridgehead atoms. The van der Waals surface area contributed by atoms with Crippen molar-refractivity contribution < 1.29 is 98.4 Å². The van der Waals surface area contributed by atoms with E-state index in [1.807, 2.05) is 24.5 Å². The van der Waals surface area contributed by atoms with Gasteiger partial charge in [0.25, 0.3) is 0 Å². The van der Waals surface area contributed by atoms with Crippen LogP contribution in [0.1, 0.15) is 90.9 Å². The van der Waals surface area contributed by atoms with Crippen LogP contribution in [0.15, 0.2) is 30.0 Å². The lowest BCUT2D eigenvalue weighted by Crippen LogP contribution is -2.72. The Morgan fingerprint density at radius 3 is 1.40 bits per heavy atom. The van der Waals surface area contributed by atoms with E-state index in [0.29, 0.717) is 37.8 Å². The van der Waals surface area contributed by atoms with Gasteiger partial charge in [-0.3, -0.25) is 10.6 Å². The number of anilines is 2. The molecule has 2 amide bonds. The average molecular weight is 867 g/mol. The molecule has 7 nitrogen and oxygen atoms in total. The van der Waals surface area contributed by atoms with E-state index in [1.165, 1.54) is 0 Å². The van der Waals surface area contributed by atoms with Crippen molar-refractivity contribution in [2.75, 3.05) is 23.8 Å². The Morgan fingerprint density at radius 2 is 0.947 bits per heavy atom. The first kappa shape index (κ1) is 51.1. The minimum atomic E-state index is -8.75. The number of allylic oxidation sites excluding steroid dienone is 1. The summed E-state index contributed by atoms with van der Waals surface area (Å²) in [6.45, 7) is 3.52. The number of nitrogens with one attached hydrogen (secondary N) is 2. The molecule has 2 N–H and O–H groups in total. The van der Waals surface area contributed by atoms with Crippen LogP contribution >= 0.6 is 0 Å². The number of unbranched alkanes of at least 4 members (excludes halogenated alkanes) is 10. The molecule has 0 atom stereocenters. The first-order valence-electron chi connectivity index (χ1n) is 17.2. The third-order valence-electron chi connectivity index (χ3n) is 7.90. The van der Waals surface area contributed by atoms with Crippen molar-refractivity contribution in [1.29, 1.82) is 0 Å². The van der Waals surface area contributed by atoms with Gasteiger partial charge in [0.05, 0.1) is 18.9 Å². The second-order valence-corrected chi connectivity index (χ2v) is 12.4. The van der Waals surface area contributed by atoms with Crippen LogP contribution in [0.4, 0.5) is 95.6 Å². The maximum absolute atomic E-state index is 14.7. The summed E-state index contributed by atoms with van der Waals surface area (Å²) in [6, 6.07) is -1.89. The van der Waals surface area contributed by atoms with E-state index in [2.05, 4.69) is 4.74 Å². The molecule has 0 aromatic heterocycles. The summed E-state index contributed by atoms with van der Waals surface area (Å²) < 4.78 is 247. The van der Waals surface area contributed by atoms with Crippen LogP contribution in [0.2, 0.25) is 0 Å².